The molecule has 0 spiro atoms. The summed E-state index contributed by atoms with van der Waals surface area (Å²) in [6.07, 6.45) is 0. The molecule has 106 valence electrons. The molecule has 1 aromatic heterocycles. The molecule has 1 heterocycles. The number of ketones is 1. The molecule has 0 saturated carbocycles. The third-order valence-electron chi connectivity index (χ3n) is 3.24. The molecule has 3 heteroatoms. The second-order valence-electron chi connectivity index (χ2n) is 5.93. The van der Waals surface area contributed by atoms with Crippen LogP contribution in [-0.4, -0.2) is 12.9 Å². The summed E-state index contributed by atoms with van der Waals surface area (Å²) in [5.41, 5.74) is 1.79. The SMILES string of the molecule is COc1cc(C(=O)c2ccc(C(C)(C)C)s2)ccc1C. The summed E-state index contributed by atoms with van der Waals surface area (Å²) in [7, 11) is 1.62. The van der Waals surface area contributed by atoms with Gasteiger partial charge in [-0.05, 0) is 36.1 Å². The monoisotopic (exact) mass is 288 g/mol. The van der Waals surface area contributed by atoms with Gasteiger partial charge in [0.25, 0.3) is 0 Å². The summed E-state index contributed by atoms with van der Waals surface area (Å²) in [5.74, 6) is 0.812. The Labute approximate surface area is 124 Å². The maximum Gasteiger partial charge on any atom is 0.203 e. The van der Waals surface area contributed by atoms with Crippen molar-refractivity contribution in [3.8, 4) is 5.75 Å². The number of carbonyl (C=O) groups excluding carboxylic acids is 1. The summed E-state index contributed by atoms with van der Waals surface area (Å²) in [4.78, 5) is 14.5. The molecule has 20 heavy (non-hydrogen) atoms. The largest absolute Gasteiger partial charge is 0.496 e. The van der Waals surface area contributed by atoms with Gasteiger partial charge in [0.2, 0.25) is 5.78 Å². The van der Waals surface area contributed by atoms with Crippen LogP contribution in [0.25, 0.3) is 0 Å². The second-order valence-corrected chi connectivity index (χ2v) is 7.01. The third-order valence-corrected chi connectivity index (χ3v) is 4.75. The van der Waals surface area contributed by atoms with Gasteiger partial charge in [0.1, 0.15) is 5.75 Å². The zero-order valence-electron chi connectivity index (χ0n) is 12.6. The van der Waals surface area contributed by atoms with Crippen LogP contribution in [0.2, 0.25) is 0 Å². The van der Waals surface area contributed by atoms with E-state index in [1.165, 1.54) is 4.88 Å². The van der Waals surface area contributed by atoms with E-state index >= 15 is 0 Å². The molecule has 0 radical (unpaired) electrons. The van der Waals surface area contributed by atoms with Crippen LogP contribution in [0, 0.1) is 6.92 Å². The van der Waals surface area contributed by atoms with Gasteiger partial charge in [0.15, 0.2) is 0 Å². The summed E-state index contributed by atoms with van der Waals surface area (Å²) in [6, 6.07) is 9.55. The molecule has 1 aromatic carbocycles. The first-order chi connectivity index (χ1) is 9.32. The lowest BCUT2D eigenvalue weighted by atomic mass is 9.95. The molecule has 0 bridgehead atoms. The smallest absolute Gasteiger partial charge is 0.203 e. The van der Waals surface area contributed by atoms with Gasteiger partial charge >= 0.3 is 0 Å². The highest BCUT2D eigenvalue weighted by Gasteiger charge is 2.19. The molecular weight excluding hydrogens is 268 g/mol. The Morgan fingerprint density at radius 3 is 2.40 bits per heavy atom. The quantitative estimate of drug-likeness (QED) is 0.772. The van der Waals surface area contributed by atoms with Crippen LogP contribution in [0.15, 0.2) is 30.3 Å². The zero-order chi connectivity index (χ0) is 14.9. The number of aryl methyl sites for hydroxylation is 1. The molecule has 0 N–H and O–H groups in total. The highest BCUT2D eigenvalue weighted by atomic mass is 32.1. The van der Waals surface area contributed by atoms with Gasteiger partial charge in [-0.3, -0.25) is 4.79 Å². The van der Waals surface area contributed by atoms with E-state index < -0.39 is 0 Å². The lowest BCUT2D eigenvalue weighted by Crippen LogP contribution is -2.08. The Hall–Kier alpha value is -1.61. The van der Waals surface area contributed by atoms with Gasteiger partial charge < -0.3 is 4.74 Å². The fourth-order valence-electron chi connectivity index (χ4n) is 1.97. The number of hydrogen-bond acceptors (Lipinski definition) is 3. The highest BCUT2D eigenvalue weighted by molar-refractivity contribution is 7.14. The van der Waals surface area contributed by atoms with Gasteiger partial charge in [-0.25, -0.2) is 0 Å². The molecular formula is C17H20O2S. The van der Waals surface area contributed by atoms with E-state index in [1.807, 2.05) is 37.3 Å². The lowest BCUT2D eigenvalue weighted by molar-refractivity contribution is 0.104. The number of rotatable bonds is 3. The van der Waals surface area contributed by atoms with Crippen LogP contribution in [0.4, 0.5) is 0 Å². The molecule has 0 aliphatic carbocycles. The normalized spacial score (nSPS) is 11.4. The molecule has 2 rings (SSSR count). The predicted molar refractivity (Wildman–Crippen MR) is 84.2 cm³/mol. The Morgan fingerprint density at radius 1 is 1.15 bits per heavy atom. The van der Waals surface area contributed by atoms with Crippen LogP contribution in [-0.2, 0) is 5.41 Å². The van der Waals surface area contributed by atoms with Crippen molar-refractivity contribution in [2.24, 2.45) is 0 Å². The molecule has 0 fully saturated rings. The van der Waals surface area contributed by atoms with Crippen molar-refractivity contribution < 1.29 is 9.53 Å². The van der Waals surface area contributed by atoms with Crippen molar-refractivity contribution in [1.29, 1.82) is 0 Å². The summed E-state index contributed by atoms with van der Waals surface area (Å²) < 4.78 is 5.28. The van der Waals surface area contributed by atoms with Crippen LogP contribution >= 0.6 is 11.3 Å². The maximum absolute atomic E-state index is 12.5. The van der Waals surface area contributed by atoms with Gasteiger partial charge in [-0.1, -0.05) is 32.9 Å². The average Bonchev–Trinajstić information content (AvgIpc) is 2.88. The Bertz CT molecular complexity index is 633. The Balaban J connectivity index is 2.34. The number of carbonyl (C=O) groups is 1. The number of methoxy groups -OCH3 is 1. The maximum atomic E-state index is 12.5. The Kier molecular flexibility index (Phi) is 4.00. The van der Waals surface area contributed by atoms with E-state index in [4.69, 9.17) is 4.74 Å². The second kappa shape index (κ2) is 5.41. The topological polar surface area (TPSA) is 26.3 Å². The fourth-order valence-corrected chi connectivity index (χ4v) is 2.99. The molecule has 2 aromatic rings. The van der Waals surface area contributed by atoms with Crippen molar-refractivity contribution in [2.75, 3.05) is 7.11 Å². The minimum Gasteiger partial charge on any atom is -0.496 e. The fraction of sp³-hybridized carbons (Fsp3) is 0.353. The molecule has 2 nitrogen and oxygen atoms in total. The number of thiophene rings is 1. The first-order valence-electron chi connectivity index (χ1n) is 6.62. The van der Waals surface area contributed by atoms with Crippen molar-refractivity contribution in [2.45, 2.75) is 33.1 Å². The lowest BCUT2D eigenvalue weighted by Gasteiger charge is -2.15. The summed E-state index contributed by atoms with van der Waals surface area (Å²) in [6.45, 7) is 8.43. The van der Waals surface area contributed by atoms with Crippen LogP contribution < -0.4 is 4.74 Å². The molecule has 0 amide bonds. The van der Waals surface area contributed by atoms with Crippen LogP contribution in [0.3, 0.4) is 0 Å². The standard InChI is InChI=1S/C17H20O2S/c1-11-6-7-12(10-13(11)19-5)16(18)14-8-9-15(20-14)17(2,3)4/h6-10H,1-5H3. The minimum absolute atomic E-state index is 0.0591. The first-order valence-corrected chi connectivity index (χ1v) is 7.44. The molecule has 0 unspecified atom stereocenters. The zero-order valence-corrected chi connectivity index (χ0v) is 13.4. The van der Waals surface area contributed by atoms with Gasteiger partial charge in [0, 0.05) is 10.4 Å². The summed E-state index contributed by atoms with van der Waals surface area (Å²) >= 11 is 1.57. The number of hydrogen-bond donors (Lipinski definition) is 0. The van der Waals surface area contributed by atoms with Gasteiger partial charge in [-0.2, -0.15) is 0 Å². The average molecular weight is 288 g/mol. The van der Waals surface area contributed by atoms with E-state index in [1.54, 1.807) is 18.4 Å². The van der Waals surface area contributed by atoms with Crippen LogP contribution in [0.1, 0.15) is 46.4 Å². The summed E-state index contributed by atoms with van der Waals surface area (Å²) in [5, 5.41) is 0. The molecule has 0 saturated heterocycles. The van der Waals surface area contributed by atoms with Crippen molar-refractivity contribution in [3.05, 3.63) is 51.2 Å². The van der Waals surface area contributed by atoms with E-state index in [0.29, 0.717) is 5.56 Å². The molecule has 0 aliphatic heterocycles. The first kappa shape index (κ1) is 14.8. The number of benzene rings is 1. The van der Waals surface area contributed by atoms with Crippen molar-refractivity contribution in [1.82, 2.24) is 0 Å². The van der Waals surface area contributed by atoms with E-state index in [2.05, 4.69) is 20.8 Å². The van der Waals surface area contributed by atoms with E-state index in [9.17, 15) is 4.79 Å². The predicted octanol–water partition coefficient (Wildman–Crippen LogP) is 4.59. The van der Waals surface area contributed by atoms with E-state index in [-0.39, 0.29) is 11.2 Å². The molecule has 0 atom stereocenters. The highest BCUT2D eigenvalue weighted by Crippen LogP contribution is 2.31. The number of ether oxygens (including phenoxy) is 1. The van der Waals surface area contributed by atoms with Crippen molar-refractivity contribution in [3.63, 3.8) is 0 Å². The van der Waals surface area contributed by atoms with E-state index in [0.717, 1.165) is 16.2 Å². The van der Waals surface area contributed by atoms with Gasteiger partial charge in [-0.15, -0.1) is 11.3 Å². The van der Waals surface area contributed by atoms with Gasteiger partial charge in [0.05, 0.1) is 12.0 Å². The molecule has 0 aliphatic rings. The minimum atomic E-state index is 0.0591. The third kappa shape index (κ3) is 2.93. The van der Waals surface area contributed by atoms with Crippen molar-refractivity contribution >= 4 is 17.1 Å². The van der Waals surface area contributed by atoms with Crippen LogP contribution in [0.5, 0.6) is 5.75 Å². The Morgan fingerprint density at radius 2 is 1.85 bits per heavy atom.